The van der Waals surface area contributed by atoms with Gasteiger partial charge in [0.15, 0.2) is 0 Å². The van der Waals surface area contributed by atoms with E-state index in [1.807, 2.05) is 24.8 Å². The van der Waals surface area contributed by atoms with Crippen LogP contribution in [0, 0.1) is 0 Å². The zero-order valence-corrected chi connectivity index (χ0v) is 8.68. The summed E-state index contributed by atoms with van der Waals surface area (Å²) in [6.07, 6.45) is 3.37. The third-order valence-electron chi connectivity index (χ3n) is 1.73. The van der Waals surface area contributed by atoms with Crippen molar-refractivity contribution in [3.05, 3.63) is 12.2 Å². The highest BCUT2D eigenvalue weighted by molar-refractivity contribution is 7.99. The van der Waals surface area contributed by atoms with Crippen molar-refractivity contribution in [3.8, 4) is 0 Å². The molecule has 0 saturated carbocycles. The van der Waals surface area contributed by atoms with Crippen LogP contribution in [0.25, 0.3) is 0 Å². The molecule has 0 N–H and O–H groups in total. The summed E-state index contributed by atoms with van der Waals surface area (Å²) in [7, 11) is 0. The molecule has 13 heavy (non-hydrogen) atoms. The molecule has 1 aliphatic rings. The van der Waals surface area contributed by atoms with Crippen LogP contribution in [0.3, 0.4) is 0 Å². The van der Waals surface area contributed by atoms with Gasteiger partial charge >= 0.3 is 5.97 Å². The maximum absolute atomic E-state index is 10.9. The van der Waals surface area contributed by atoms with Crippen molar-refractivity contribution in [2.45, 2.75) is 6.92 Å². The van der Waals surface area contributed by atoms with E-state index in [-0.39, 0.29) is 5.97 Å². The van der Waals surface area contributed by atoms with Crippen LogP contribution < -0.4 is 0 Å². The molecule has 0 aromatic rings. The van der Waals surface area contributed by atoms with Gasteiger partial charge in [-0.25, -0.2) is 4.79 Å². The lowest BCUT2D eigenvalue weighted by molar-refractivity contribution is -0.137. The van der Waals surface area contributed by atoms with E-state index < -0.39 is 0 Å². The fourth-order valence-electron chi connectivity index (χ4n) is 1.08. The third-order valence-corrected chi connectivity index (χ3v) is 2.75. The Balaban J connectivity index is 2.12. The molecule has 1 heterocycles. The van der Waals surface area contributed by atoms with Crippen molar-refractivity contribution >= 4 is 17.7 Å². The Kier molecular flexibility index (Phi) is 4.93. The van der Waals surface area contributed by atoms with Gasteiger partial charge in [0.05, 0.1) is 6.61 Å². The van der Waals surface area contributed by atoms with Crippen molar-refractivity contribution in [2.75, 3.05) is 31.3 Å². The molecule has 3 nitrogen and oxygen atoms in total. The molecule has 74 valence electrons. The van der Waals surface area contributed by atoms with Gasteiger partial charge < -0.3 is 4.74 Å². The predicted octanol–water partition coefficient (Wildman–Crippen LogP) is 1.11. The zero-order valence-electron chi connectivity index (χ0n) is 7.86. The second kappa shape index (κ2) is 6.05. The SMILES string of the molecule is CCOC(=O)/C=C/CN1CCSC1. The average Bonchev–Trinajstić information content (AvgIpc) is 2.57. The Morgan fingerprint density at radius 1 is 1.69 bits per heavy atom. The molecule has 1 aliphatic heterocycles. The van der Waals surface area contributed by atoms with Crippen LogP contribution in [0.1, 0.15) is 6.92 Å². The molecule has 1 fully saturated rings. The molecule has 0 aliphatic carbocycles. The van der Waals surface area contributed by atoms with E-state index in [0.29, 0.717) is 6.61 Å². The smallest absolute Gasteiger partial charge is 0.330 e. The summed E-state index contributed by atoms with van der Waals surface area (Å²) in [5, 5.41) is 0. The van der Waals surface area contributed by atoms with E-state index in [1.165, 1.54) is 11.8 Å². The monoisotopic (exact) mass is 201 g/mol. The topological polar surface area (TPSA) is 29.5 Å². The molecular weight excluding hydrogens is 186 g/mol. The zero-order chi connectivity index (χ0) is 9.52. The number of ether oxygens (including phenoxy) is 1. The van der Waals surface area contributed by atoms with Gasteiger partial charge in [-0.3, -0.25) is 4.90 Å². The van der Waals surface area contributed by atoms with E-state index in [9.17, 15) is 4.79 Å². The molecule has 0 amide bonds. The number of carbonyl (C=O) groups is 1. The first-order chi connectivity index (χ1) is 6.33. The van der Waals surface area contributed by atoms with Crippen molar-refractivity contribution < 1.29 is 9.53 Å². The molecule has 0 spiro atoms. The van der Waals surface area contributed by atoms with Gasteiger partial charge in [0.1, 0.15) is 0 Å². The second-order valence-electron chi connectivity index (χ2n) is 2.77. The molecule has 0 bridgehead atoms. The number of rotatable bonds is 4. The summed E-state index contributed by atoms with van der Waals surface area (Å²) >= 11 is 1.93. The lowest BCUT2D eigenvalue weighted by atomic mass is 10.4. The normalized spacial score (nSPS) is 18.2. The van der Waals surface area contributed by atoms with Crippen LogP contribution in [-0.2, 0) is 9.53 Å². The molecule has 4 heteroatoms. The summed E-state index contributed by atoms with van der Waals surface area (Å²) in [6.45, 7) is 4.23. The Bertz CT molecular complexity index is 188. The maximum Gasteiger partial charge on any atom is 0.330 e. The highest BCUT2D eigenvalue weighted by Crippen LogP contribution is 2.12. The van der Waals surface area contributed by atoms with E-state index in [1.54, 1.807) is 0 Å². The quantitative estimate of drug-likeness (QED) is 0.503. The molecular formula is C9H15NO2S. The second-order valence-corrected chi connectivity index (χ2v) is 3.84. The Morgan fingerprint density at radius 3 is 3.15 bits per heavy atom. The Morgan fingerprint density at radius 2 is 2.54 bits per heavy atom. The predicted molar refractivity (Wildman–Crippen MR) is 54.7 cm³/mol. The highest BCUT2D eigenvalue weighted by Gasteiger charge is 2.09. The minimum Gasteiger partial charge on any atom is -0.463 e. The summed E-state index contributed by atoms with van der Waals surface area (Å²) in [5.41, 5.74) is 0. The average molecular weight is 201 g/mol. The number of carbonyl (C=O) groups excluding carboxylic acids is 1. The first kappa shape index (κ1) is 10.6. The highest BCUT2D eigenvalue weighted by atomic mass is 32.2. The number of nitrogens with zero attached hydrogens (tertiary/aromatic N) is 1. The number of esters is 1. The minimum atomic E-state index is -0.241. The van der Waals surface area contributed by atoms with Crippen molar-refractivity contribution in [3.63, 3.8) is 0 Å². The van der Waals surface area contributed by atoms with Crippen LogP contribution in [0.2, 0.25) is 0 Å². The van der Waals surface area contributed by atoms with E-state index >= 15 is 0 Å². The molecule has 0 unspecified atom stereocenters. The standard InChI is InChI=1S/C9H15NO2S/c1-2-12-9(11)4-3-5-10-6-7-13-8-10/h3-4H,2,5-8H2,1H3/b4-3+. The first-order valence-electron chi connectivity index (χ1n) is 4.46. The van der Waals surface area contributed by atoms with E-state index in [0.717, 1.165) is 19.0 Å². The van der Waals surface area contributed by atoms with Crippen molar-refractivity contribution in [2.24, 2.45) is 0 Å². The van der Waals surface area contributed by atoms with Gasteiger partial charge in [-0.2, -0.15) is 0 Å². The fraction of sp³-hybridized carbons (Fsp3) is 0.667. The number of hydrogen-bond donors (Lipinski definition) is 0. The Hall–Kier alpha value is -0.480. The van der Waals surface area contributed by atoms with Gasteiger partial charge in [-0.05, 0) is 6.92 Å². The number of hydrogen-bond acceptors (Lipinski definition) is 4. The van der Waals surface area contributed by atoms with Crippen LogP contribution in [0.4, 0.5) is 0 Å². The van der Waals surface area contributed by atoms with Crippen LogP contribution in [-0.4, -0.2) is 42.2 Å². The lowest BCUT2D eigenvalue weighted by Crippen LogP contribution is -2.19. The van der Waals surface area contributed by atoms with Crippen LogP contribution in [0.15, 0.2) is 12.2 Å². The largest absolute Gasteiger partial charge is 0.463 e. The summed E-state index contributed by atoms with van der Waals surface area (Å²) < 4.78 is 4.76. The molecule has 1 rings (SSSR count). The molecule has 0 radical (unpaired) electrons. The van der Waals surface area contributed by atoms with Crippen molar-refractivity contribution in [1.82, 2.24) is 4.90 Å². The third kappa shape index (κ3) is 4.33. The van der Waals surface area contributed by atoms with E-state index in [2.05, 4.69) is 4.90 Å². The lowest BCUT2D eigenvalue weighted by Gasteiger charge is -2.08. The molecule has 0 aromatic heterocycles. The van der Waals surface area contributed by atoms with Gasteiger partial charge in [0, 0.05) is 30.8 Å². The fourth-order valence-corrected chi connectivity index (χ4v) is 2.09. The minimum absolute atomic E-state index is 0.241. The van der Waals surface area contributed by atoms with Gasteiger partial charge in [-0.1, -0.05) is 6.08 Å². The van der Waals surface area contributed by atoms with Gasteiger partial charge in [-0.15, -0.1) is 11.8 Å². The molecule has 0 atom stereocenters. The van der Waals surface area contributed by atoms with Crippen LogP contribution >= 0.6 is 11.8 Å². The molecule has 1 saturated heterocycles. The van der Waals surface area contributed by atoms with Crippen LogP contribution in [0.5, 0.6) is 0 Å². The Labute approximate surface area is 83.1 Å². The summed E-state index contributed by atoms with van der Waals surface area (Å²) in [4.78, 5) is 13.2. The van der Waals surface area contributed by atoms with E-state index in [4.69, 9.17) is 4.74 Å². The summed E-state index contributed by atoms with van der Waals surface area (Å²) in [5.74, 6) is 2.04. The van der Waals surface area contributed by atoms with Crippen molar-refractivity contribution in [1.29, 1.82) is 0 Å². The number of thioether (sulfide) groups is 1. The van der Waals surface area contributed by atoms with Gasteiger partial charge in [0.25, 0.3) is 0 Å². The maximum atomic E-state index is 10.9. The first-order valence-corrected chi connectivity index (χ1v) is 5.62. The molecule has 0 aromatic carbocycles. The van der Waals surface area contributed by atoms with Gasteiger partial charge in [0.2, 0.25) is 0 Å². The summed E-state index contributed by atoms with van der Waals surface area (Å²) in [6, 6.07) is 0.